The van der Waals surface area contributed by atoms with Gasteiger partial charge in [-0.3, -0.25) is 14.5 Å². The van der Waals surface area contributed by atoms with Crippen LogP contribution in [0.1, 0.15) is 10.4 Å². The Morgan fingerprint density at radius 3 is 2.86 bits per heavy atom. The fourth-order valence-corrected chi connectivity index (χ4v) is 3.76. The van der Waals surface area contributed by atoms with Gasteiger partial charge in [0.05, 0.1) is 29.2 Å². The van der Waals surface area contributed by atoms with E-state index >= 15 is 0 Å². The molecular formula is C13H16Cl2N2O4S. The molecule has 0 aliphatic carbocycles. The predicted octanol–water partition coefficient (Wildman–Crippen LogP) is 1.91. The number of nitrogens with zero attached hydrogens (tertiary/aromatic N) is 2. The Kier molecular flexibility index (Phi) is 6.05. The summed E-state index contributed by atoms with van der Waals surface area (Å²) in [5, 5.41) is 8.76. The minimum absolute atomic E-state index is 0.0697. The van der Waals surface area contributed by atoms with Gasteiger partial charge >= 0.3 is 5.97 Å². The van der Waals surface area contributed by atoms with E-state index in [1.165, 1.54) is 0 Å². The van der Waals surface area contributed by atoms with Gasteiger partial charge in [0.15, 0.2) is 0 Å². The molecule has 1 unspecified atom stereocenters. The maximum Gasteiger partial charge on any atom is 0.317 e. The van der Waals surface area contributed by atoms with Crippen molar-refractivity contribution in [3.05, 3.63) is 20.3 Å². The first-order chi connectivity index (χ1) is 10.4. The first-order valence-corrected chi connectivity index (χ1v) is 8.20. The number of aliphatic carboxylic acids is 1. The summed E-state index contributed by atoms with van der Waals surface area (Å²) in [6, 6.07) is 1.57. The summed E-state index contributed by atoms with van der Waals surface area (Å²) in [5.74, 6) is -1.08. The second-order valence-corrected chi connectivity index (χ2v) is 7.36. The molecule has 22 heavy (non-hydrogen) atoms. The van der Waals surface area contributed by atoms with Crippen LogP contribution in [0.3, 0.4) is 0 Å². The average molecular weight is 367 g/mol. The molecule has 1 amide bonds. The molecule has 1 saturated heterocycles. The van der Waals surface area contributed by atoms with Gasteiger partial charge in [-0.05, 0) is 13.1 Å². The fraction of sp³-hybridized carbons (Fsp3) is 0.538. The summed E-state index contributed by atoms with van der Waals surface area (Å²) in [6.45, 7) is 1.65. The predicted molar refractivity (Wildman–Crippen MR) is 85.1 cm³/mol. The molecule has 0 spiro atoms. The lowest BCUT2D eigenvalue weighted by molar-refractivity contribution is -0.138. The molecule has 0 radical (unpaired) electrons. The van der Waals surface area contributed by atoms with Crippen molar-refractivity contribution in [2.24, 2.45) is 0 Å². The van der Waals surface area contributed by atoms with Crippen LogP contribution < -0.4 is 0 Å². The van der Waals surface area contributed by atoms with E-state index in [0.29, 0.717) is 40.5 Å². The Morgan fingerprint density at radius 2 is 2.27 bits per heavy atom. The Hall–Kier alpha value is -0.860. The van der Waals surface area contributed by atoms with Crippen molar-refractivity contribution in [1.29, 1.82) is 0 Å². The van der Waals surface area contributed by atoms with E-state index in [-0.39, 0.29) is 18.6 Å². The third kappa shape index (κ3) is 4.57. The number of carbonyl (C=O) groups excluding carboxylic acids is 1. The summed E-state index contributed by atoms with van der Waals surface area (Å²) >= 11 is 13.0. The van der Waals surface area contributed by atoms with Crippen molar-refractivity contribution in [3.8, 4) is 0 Å². The van der Waals surface area contributed by atoms with E-state index in [2.05, 4.69) is 0 Å². The van der Waals surface area contributed by atoms with Gasteiger partial charge < -0.3 is 14.7 Å². The molecule has 1 atom stereocenters. The van der Waals surface area contributed by atoms with Crippen molar-refractivity contribution >= 4 is 46.4 Å². The third-order valence-corrected chi connectivity index (χ3v) is 4.72. The second kappa shape index (κ2) is 7.61. The molecule has 6 nitrogen and oxygen atoms in total. The molecular weight excluding hydrogens is 351 g/mol. The Morgan fingerprint density at radius 1 is 1.55 bits per heavy atom. The van der Waals surface area contributed by atoms with Gasteiger partial charge in [-0.2, -0.15) is 0 Å². The molecule has 122 valence electrons. The molecule has 2 rings (SSSR count). The minimum atomic E-state index is -0.897. The summed E-state index contributed by atoms with van der Waals surface area (Å²) in [5.41, 5.74) is 0.399. The second-order valence-electron chi connectivity index (χ2n) is 5.07. The first-order valence-electron chi connectivity index (χ1n) is 6.63. The normalized spacial score (nSPS) is 18.7. The number of morpholine rings is 1. The van der Waals surface area contributed by atoms with E-state index < -0.39 is 5.97 Å². The highest BCUT2D eigenvalue weighted by Crippen LogP contribution is 2.32. The number of rotatable bonds is 5. The maximum atomic E-state index is 12.5. The summed E-state index contributed by atoms with van der Waals surface area (Å²) in [6.07, 6.45) is -0.227. The molecule has 9 heteroatoms. The monoisotopic (exact) mass is 366 g/mol. The average Bonchev–Trinajstić information content (AvgIpc) is 2.76. The Labute approximate surface area is 142 Å². The zero-order valence-corrected chi connectivity index (χ0v) is 14.2. The van der Waals surface area contributed by atoms with Crippen LogP contribution >= 0.6 is 34.5 Å². The topological polar surface area (TPSA) is 70.1 Å². The number of likely N-dealkylation sites (N-methyl/N-ethyl adjacent to an activating group) is 1. The zero-order chi connectivity index (χ0) is 16.3. The highest BCUT2D eigenvalue weighted by atomic mass is 35.5. The van der Waals surface area contributed by atoms with Gasteiger partial charge in [0.25, 0.3) is 5.91 Å². The number of carboxylic acids is 1. The molecule has 0 aromatic carbocycles. The molecule has 1 aromatic rings. The molecule has 1 aliphatic heterocycles. The van der Waals surface area contributed by atoms with Crippen LogP contribution in [0.5, 0.6) is 0 Å². The SMILES string of the molecule is CN(CC(=O)O)CC1CN(C(=O)c2cc(Cl)sc2Cl)CCO1. The quantitative estimate of drug-likeness (QED) is 0.861. The van der Waals surface area contributed by atoms with Gasteiger partial charge in [0.2, 0.25) is 0 Å². The number of ether oxygens (including phenoxy) is 1. The number of hydrogen-bond acceptors (Lipinski definition) is 5. The number of amides is 1. The van der Waals surface area contributed by atoms with Gasteiger partial charge in [-0.15, -0.1) is 11.3 Å². The highest BCUT2D eigenvalue weighted by Gasteiger charge is 2.28. The number of carbonyl (C=O) groups is 2. The minimum Gasteiger partial charge on any atom is -0.480 e. The first kappa shape index (κ1) is 17.5. The standard InChI is InChI=1S/C13H16Cl2N2O4S/c1-16(7-11(18)19)5-8-6-17(2-3-21-8)13(20)9-4-10(14)22-12(9)15/h4,8H,2-3,5-7H2,1H3,(H,18,19). The van der Waals surface area contributed by atoms with E-state index in [1.54, 1.807) is 22.9 Å². The van der Waals surface area contributed by atoms with Gasteiger partial charge in [0.1, 0.15) is 4.34 Å². The smallest absolute Gasteiger partial charge is 0.317 e. The molecule has 1 N–H and O–H groups in total. The van der Waals surface area contributed by atoms with Crippen LogP contribution in [0, 0.1) is 0 Å². The van der Waals surface area contributed by atoms with Crippen LogP contribution in [0.25, 0.3) is 0 Å². The lowest BCUT2D eigenvalue weighted by atomic mass is 10.2. The van der Waals surface area contributed by atoms with E-state index in [9.17, 15) is 9.59 Å². The number of thiophene rings is 1. The third-order valence-electron chi connectivity index (χ3n) is 3.23. The van der Waals surface area contributed by atoms with Gasteiger partial charge in [0, 0.05) is 19.6 Å². The largest absolute Gasteiger partial charge is 0.480 e. The number of halogens is 2. The van der Waals surface area contributed by atoms with Crippen molar-refractivity contribution in [1.82, 2.24) is 9.80 Å². The summed E-state index contributed by atoms with van der Waals surface area (Å²) in [7, 11) is 1.70. The lowest BCUT2D eigenvalue weighted by Gasteiger charge is -2.34. The zero-order valence-electron chi connectivity index (χ0n) is 11.9. The van der Waals surface area contributed by atoms with Crippen LogP contribution in [0.2, 0.25) is 8.67 Å². The fourth-order valence-electron chi connectivity index (χ4n) is 2.31. The molecule has 0 bridgehead atoms. The Balaban J connectivity index is 1.96. The van der Waals surface area contributed by atoms with Crippen LogP contribution in [0.4, 0.5) is 0 Å². The number of hydrogen-bond donors (Lipinski definition) is 1. The maximum absolute atomic E-state index is 12.5. The summed E-state index contributed by atoms with van der Waals surface area (Å²) < 4.78 is 6.44. The van der Waals surface area contributed by atoms with Crippen molar-refractivity contribution in [2.45, 2.75) is 6.10 Å². The molecule has 0 saturated carbocycles. The van der Waals surface area contributed by atoms with Crippen molar-refractivity contribution in [3.63, 3.8) is 0 Å². The number of carboxylic acid groups (broad SMARTS) is 1. The van der Waals surface area contributed by atoms with E-state index in [1.807, 2.05) is 0 Å². The summed E-state index contributed by atoms with van der Waals surface area (Å²) in [4.78, 5) is 26.5. The van der Waals surface area contributed by atoms with E-state index in [4.69, 9.17) is 33.0 Å². The highest BCUT2D eigenvalue weighted by molar-refractivity contribution is 7.20. The van der Waals surface area contributed by atoms with Crippen LogP contribution in [-0.2, 0) is 9.53 Å². The van der Waals surface area contributed by atoms with Crippen molar-refractivity contribution in [2.75, 3.05) is 39.8 Å². The van der Waals surface area contributed by atoms with Crippen LogP contribution in [0.15, 0.2) is 6.07 Å². The van der Waals surface area contributed by atoms with Gasteiger partial charge in [-0.1, -0.05) is 23.2 Å². The molecule has 1 aliphatic rings. The van der Waals surface area contributed by atoms with Crippen molar-refractivity contribution < 1.29 is 19.4 Å². The molecule has 2 heterocycles. The van der Waals surface area contributed by atoms with Gasteiger partial charge in [-0.25, -0.2) is 0 Å². The van der Waals surface area contributed by atoms with Crippen LogP contribution in [-0.4, -0.2) is 72.7 Å². The Bertz CT molecular complexity index is 566. The van der Waals surface area contributed by atoms with E-state index in [0.717, 1.165) is 11.3 Å². The molecule has 1 fully saturated rings. The lowest BCUT2D eigenvalue weighted by Crippen LogP contribution is -2.49. The molecule has 1 aromatic heterocycles.